The average molecular weight is 175 g/mol. The number of hydrogen-bond acceptors (Lipinski definition) is 1. The van der Waals surface area contributed by atoms with Gasteiger partial charge in [0.05, 0.1) is 5.71 Å². The summed E-state index contributed by atoms with van der Waals surface area (Å²) in [5.41, 5.74) is 2.12. The average Bonchev–Trinajstić information content (AvgIpc) is 2.22. The molecule has 0 amide bonds. The second kappa shape index (κ2) is 7.29. The summed E-state index contributed by atoms with van der Waals surface area (Å²) in [6, 6.07) is 0. The fraction of sp³-hybridized carbons (Fsp3) is 0.250. The molecule has 0 aliphatic heterocycles. The van der Waals surface area contributed by atoms with Gasteiger partial charge in [0, 0.05) is 6.20 Å². The van der Waals surface area contributed by atoms with Gasteiger partial charge >= 0.3 is 0 Å². The first kappa shape index (κ1) is 11.6. The third kappa shape index (κ3) is 3.70. The van der Waals surface area contributed by atoms with Gasteiger partial charge in [0.25, 0.3) is 0 Å². The highest BCUT2D eigenvalue weighted by Crippen LogP contribution is 2.07. The van der Waals surface area contributed by atoms with Crippen molar-refractivity contribution >= 4 is 5.71 Å². The molecular formula is C12H17N. The van der Waals surface area contributed by atoms with Crippen LogP contribution in [0.5, 0.6) is 0 Å². The molecule has 0 aromatic heterocycles. The largest absolute Gasteiger partial charge is 0.257 e. The summed E-state index contributed by atoms with van der Waals surface area (Å²) in [5, 5.41) is 0. The van der Waals surface area contributed by atoms with E-state index in [0.717, 1.165) is 11.3 Å². The third-order valence-corrected chi connectivity index (χ3v) is 1.48. The molecule has 0 bridgehead atoms. The fourth-order valence-electron chi connectivity index (χ4n) is 0.948. The van der Waals surface area contributed by atoms with E-state index < -0.39 is 0 Å². The van der Waals surface area contributed by atoms with Gasteiger partial charge in [0.1, 0.15) is 0 Å². The summed E-state index contributed by atoms with van der Waals surface area (Å²) in [5.74, 6) is 0. The van der Waals surface area contributed by atoms with Crippen molar-refractivity contribution in [3.05, 3.63) is 48.7 Å². The lowest BCUT2D eigenvalue weighted by Gasteiger charge is -2.03. The zero-order valence-electron chi connectivity index (χ0n) is 8.62. The molecule has 1 aliphatic carbocycles. The van der Waals surface area contributed by atoms with Crippen LogP contribution in [0.1, 0.15) is 20.8 Å². The van der Waals surface area contributed by atoms with Gasteiger partial charge in [-0.3, -0.25) is 4.99 Å². The Morgan fingerprint density at radius 3 is 2.38 bits per heavy atom. The van der Waals surface area contributed by atoms with Crippen molar-refractivity contribution < 1.29 is 0 Å². The van der Waals surface area contributed by atoms with Crippen molar-refractivity contribution in [1.29, 1.82) is 0 Å². The molecule has 0 heterocycles. The van der Waals surface area contributed by atoms with Crippen molar-refractivity contribution in [1.82, 2.24) is 0 Å². The van der Waals surface area contributed by atoms with Gasteiger partial charge in [-0.1, -0.05) is 44.7 Å². The van der Waals surface area contributed by atoms with Crippen LogP contribution >= 0.6 is 0 Å². The summed E-state index contributed by atoms with van der Waals surface area (Å²) in [6.07, 6.45) is 11.6. The molecule has 70 valence electrons. The highest BCUT2D eigenvalue weighted by atomic mass is 14.7. The van der Waals surface area contributed by atoms with Gasteiger partial charge in [-0.25, -0.2) is 0 Å². The van der Waals surface area contributed by atoms with Crippen LogP contribution < -0.4 is 0 Å². The van der Waals surface area contributed by atoms with E-state index in [1.54, 1.807) is 6.20 Å². The van der Waals surface area contributed by atoms with Crippen molar-refractivity contribution in [3.63, 3.8) is 0 Å². The summed E-state index contributed by atoms with van der Waals surface area (Å²) in [7, 11) is 0. The smallest absolute Gasteiger partial charge is 0.0698 e. The molecule has 0 unspecified atom stereocenters. The Morgan fingerprint density at radius 1 is 1.23 bits per heavy atom. The van der Waals surface area contributed by atoms with E-state index >= 15 is 0 Å². The van der Waals surface area contributed by atoms with Gasteiger partial charge in [0.2, 0.25) is 0 Å². The summed E-state index contributed by atoms with van der Waals surface area (Å²) in [4.78, 5) is 4.11. The highest BCUT2D eigenvalue weighted by molar-refractivity contribution is 6.11. The third-order valence-electron chi connectivity index (χ3n) is 1.48. The van der Waals surface area contributed by atoms with Gasteiger partial charge in [-0.15, -0.1) is 0 Å². The van der Waals surface area contributed by atoms with E-state index in [4.69, 9.17) is 0 Å². The van der Waals surface area contributed by atoms with Gasteiger partial charge < -0.3 is 0 Å². The van der Waals surface area contributed by atoms with Crippen LogP contribution in [0.4, 0.5) is 0 Å². The molecule has 0 saturated heterocycles. The minimum Gasteiger partial charge on any atom is -0.257 e. The second-order valence-corrected chi connectivity index (χ2v) is 2.16. The molecule has 0 aromatic rings. The van der Waals surface area contributed by atoms with Gasteiger partial charge in [-0.05, 0) is 18.6 Å². The lowest BCUT2D eigenvalue weighted by atomic mass is 10.1. The highest BCUT2D eigenvalue weighted by Gasteiger charge is 1.99. The summed E-state index contributed by atoms with van der Waals surface area (Å²) >= 11 is 0. The Hall–Kier alpha value is -1.37. The Kier molecular flexibility index (Phi) is 6.52. The molecule has 0 radical (unpaired) electrons. The van der Waals surface area contributed by atoms with Crippen molar-refractivity contribution in [2.45, 2.75) is 20.8 Å². The maximum absolute atomic E-state index is 4.11. The van der Waals surface area contributed by atoms with Gasteiger partial charge in [-0.2, -0.15) is 0 Å². The van der Waals surface area contributed by atoms with Crippen LogP contribution in [0.2, 0.25) is 0 Å². The van der Waals surface area contributed by atoms with Crippen LogP contribution in [-0.4, -0.2) is 5.71 Å². The molecule has 1 heteroatoms. The van der Waals surface area contributed by atoms with Crippen LogP contribution in [0.3, 0.4) is 0 Å². The first-order valence-electron chi connectivity index (χ1n) is 4.58. The number of hydrogen-bond donors (Lipinski definition) is 0. The number of rotatable bonds is 1. The van der Waals surface area contributed by atoms with E-state index in [1.165, 1.54) is 0 Å². The van der Waals surface area contributed by atoms with Crippen molar-refractivity contribution in [3.8, 4) is 0 Å². The lowest BCUT2D eigenvalue weighted by Crippen LogP contribution is -1.98. The predicted molar refractivity (Wildman–Crippen MR) is 61.0 cm³/mol. The molecule has 0 atom stereocenters. The van der Waals surface area contributed by atoms with E-state index in [2.05, 4.69) is 11.6 Å². The first-order valence-corrected chi connectivity index (χ1v) is 4.58. The topological polar surface area (TPSA) is 12.4 Å². The molecule has 1 aliphatic rings. The number of nitrogens with zero attached hydrogens (tertiary/aromatic N) is 1. The van der Waals surface area contributed by atoms with E-state index in [1.807, 2.05) is 51.2 Å². The molecule has 0 spiro atoms. The molecule has 0 fully saturated rings. The first-order chi connectivity index (χ1) is 6.38. The standard InChI is InChI=1S/C10H11N.C2H6/c1-3-9-7-5-6-8-10(9)11-4-2;1-2/h3-8H,2H2,1H3;1-2H3/b9-3-,11-10?;. The Morgan fingerprint density at radius 2 is 1.85 bits per heavy atom. The van der Waals surface area contributed by atoms with E-state index in [0.29, 0.717) is 0 Å². The van der Waals surface area contributed by atoms with Crippen molar-refractivity contribution in [2.24, 2.45) is 4.99 Å². The number of aliphatic imine (C=N–C) groups is 1. The molecule has 1 nitrogen and oxygen atoms in total. The van der Waals surface area contributed by atoms with Crippen LogP contribution in [0.25, 0.3) is 0 Å². The molecular weight excluding hydrogens is 158 g/mol. The fourth-order valence-corrected chi connectivity index (χ4v) is 0.948. The predicted octanol–water partition coefficient (Wildman–Crippen LogP) is 3.67. The summed E-state index contributed by atoms with van der Waals surface area (Å²) < 4.78 is 0. The zero-order valence-corrected chi connectivity index (χ0v) is 8.62. The SMILES string of the molecule is C=CN=C1C=CC=C/C1=C/C.CC. The molecule has 0 saturated carbocycles. The van der Waals surface area contributed by atoms with Crippen LogP contribution in [-0.2, 0) is 0 Å². The normalized spacial score (nSPS) is 19.9. The molecule has 0 aromatic carbocycles. The lowest BCUT2D eigenvalue weighted by molar-refractivity contribution is 1.50. The van der Waals surface area contributed by atoms with Crippen LogP contribution in [0.15, 0.2) is 53.7 Å². The van der Waals surface area contributed by atoms with Crippen LogP contribution in [0, 0.1) is 0 Å². The van der Waals surface area contributed by atoms with E-state index in [9.17, 15) is 0 Å². The second-order valence-electron chi connectivity index (χ2n) is 2.16. The monoisotopic (exact) mass is 175 g/mol. The Bertz CT molecular complexity index is 265. The minimum atomic E-state index is 0.977. The zero-order chi connectivity index (χ0) is 10.1. The minimum absolute atomic E-state index is 0.977. The Labute approximate surface area is 80.9 Å². The molecule has 1 rings (SSSR count). The maximum atomic E-state index is 4.11. The van der Waals surface area contributed by atoms with Gasteiger partial charge in [0.15, 0.2) is 0 Å². The van der Waals surface area contributed by atoms with E-state index in [-0.39, 0.29) is 0 Å². The Balaban J connectivity index is 0.000000671. The maximum Gasteiger partial charge on any atom is 0.0698 e. The quantitative estimate of drug-likeness (QED) is 0.576. The molecule has 0 N–H and O–H groups in total. The van der Waals surface area contributed by atoms with Crippen molar-refractivity contribution in [2.75, 3.05) is 0 Å². The molecule has 13 heavy (non-hydrogen) atoms. The number of allylic oxidation sites excluding steroid dienone is 6. The summed E-state index contributed by atoms with van der Waals surface area (Å²) in [6.45, 7) is 9.55.